The SMILES string of the molecule is NC[C@@H](O)c1cccc(OC2CCCC2)c1. The number of aliphatic hydroxyl groups is 1. The first-order chi connectivity index (χ1) is 7.79. The van der Waals surface area contributed by atoms with E-state index in [1.165, 1.54) is 12.8 Å². The number of benzene rings is 1. The molecule has 0 unspecified atom stereocenters. The van der Waals surface area contributed by atoms with E-state index in [0.717, 1.165) is 24.2 Å². The molecule has 0 heterocycles. The number of hydrogen-bond donors (Lipinski definition) is 2. The zero-order valence-electron chi connectivity index (χ0n) is 9.43. The molecule has 1 aromatic rings. The highest BCUT2D eigenvalue weighted by Crippen LogP contribution is 2.25. The van der Waals surface area contributed by atoms with Crippen molar-refractivity contribution in [3.05, 3.63) is 29.8 Å². The maximum Gasteiger partial charge on any atom is 0.120 e. The predicted octanol–water partition coefficient (Wildman–Crippen LogP) is 2.00. The fourth-order valence-corrected chi connectivity index (χ4v) is 2.13. The fraction of sp³-hybridized carbons (Fsp3) is 0.538. The Hall–Kier alpha value is -1.06. The highest BCUT2D eigenvalue weighted by atomic mass is 16.5. The third kappa shape index (κ3) is 2.74. The Balaban J connectivity index is 2.03. The van der Waals surface area contributed by atoms with Gasteiger partial charge in [-0.1, -0.05) is 12.1 Å². The van der Waals surface area contributed by atoms with E-state index in [1.54, 1.807) is 0 Å². The molecule has 0 aromatic heterocycles. The van der Waals surface area contributed by atoms with E-state index in [9.17, 15) is 5.11 Å². The predicted molar refractivity (Wildman–Crippen MR) is 63.3 cm³/mol. The number of rotatable bonds is 4. The quantitative estimate of drug-likeness (QED) is 0.817. The second-order valence-electron chi connectivity index (χ2n) is 4.35. The van der Waals surface area contributed by atoms with Crippen LogP contribution in [0, 0.1) is 0 Å². The number of ether oxygens (including phenoxy) is 1. The topological polar surface area (TPSA) is 55.5 Å². The molecular formula is C13H19NO2. The third-order valence-corrected chi connectivity index (χ3v) is 3.07. The van der Waals surface area contributed by atoms with Crippen molar-refractivity contribution < 1.29 is 9.84 Å². The van der Waals surface area contributed by atoms with Crippen LogP contribution in [0.15, 0.2) is 24.3 Å². The highest BCUT2D eigenvalue weighted by molar-refractivity contribution is 5.30. The van der Waals surface area contributed by atoms with E-state index in [4.69, 9.17) is 10.5 Å². The van der Waals surface area contributed by atoms with Gasteiger partial charge in [0.25, 0.3) is 0 Å². The van der Waals surface area contributed by atoms with E-state index >= 15 is 0 Å². The Morgan fingerprint density at radius 1 is 1.38 bits per heavy atom. The minimum Gasteiger partial charge on any atom is -0.490 e. The van der Waals surface area contributed by atoms with Crippen LogP contribution in [-0.4, -0.2) is 17.8 Å². The molecule has 1 saturated carbocycles. The summed E-state index contributed by atoms with van der Waals surface area (Å²) < 4.78 is 5.86. The second kappa shape index (κ2) is 5.32. The fourth-order valence-electron chi connectivity index (χ4n) is 2.13. The molecule has 1 atom stereocenters. The van der Waals surface area contributed by atoms with Crippen molar-refractivity contribution >= 4 is 0 Å². The summed E-state index contributed by atoms with van der Waals surface area (Å²) in [6.45, 7) is 0.243. The minimum absolute atomic E-state index is 0.243. The summed E-state index contributed by atoms with van der Waals surface area (Å²) in [6.07, 6.45) is 4.57. The van der Waals surface area contributed by atoms with Crippen LogP contribution in [0.2, 0.25) is 0 Å². The molecule has 0 bridgehead atoms. The van der Waals surface area contributed by atoms with Gasteiger partial charge in [-0.3, -0.25) is 0 Å². The molecule has 3 heteroatoms. The van der Waals surface area contributed by atoms with Crippen LogP contribution < -0.4 is 10.5 Å². The molecule has 1 aliphatic carbocycles. The van der Waals surface area contributed by atoms with Crippen LogP contribution in [0.3, 0.4) is 0 Å². The van der Waals surface area contributed by atoms with Crippen LogP contribution in [0.4, 0.5) is 0 Å². The maximum atomic E-state index is 9.63. The Kier molecular flexibility index (Phi) is 3.80. The molecule has 0 spiro atoms. The Labute approximate surface area is 96.2 Å². The molecule has 88 valence electrons. The first-order valence-corrected chi connectivity index (χ1v) is 5.94. The molecule has 2 rings (SSSR count). The highest BCUT2D eigenvalue weighted by Gasteiger charge is 2.16. The number of hydrogen-bond acceptors (Lipinski definition) is 3. The van der Waals surface area contributed by atoms with Gasteiger partial charge in [0.05, 0.1) is 12.2 Å². The van der Waals surface area contributed by atoms with Gasteiger partial charge in [-0.2, -0.15) is 0 Å². The molecule has 1 fully saturated rings. The lowest BCUT2D eigenvalue weighted by molar-refractivity contribution is 0.183. The number of aliphatic hydroxyl groups excluding tert-OH is 1. The van der Waals surface area contributed by atoms with Crippen molar-refractivity contribution in [2.45, 2.75) is 37.9 Å². The van der Waals surface area contributed by atoms with E-state index in [2.05, 4.69) is 0 Å². The van der Waals surface area contributed by atoms with Crippen LogP contribution in [0.5, 0.6) is 5.75 Å². The van der Waals surface area contributed by atoms with Crippen LogP contribution in [0.1, 0.15) is 37.4 Å². The van der Waals surface area contributed by atoms with E-state index in [0.29, 0.717) is 6.10 Å². The summed E-state index contributed by atoms with van der Waals surface area (Å²) in [5.74, 6) is 0.844. The van der Waals surface area contributed by atoms with Gasteiger partial charge in [0.1, 0.15) is 5.75 Å². The Morgan fingerprint density at radius 3 is 2.81 bits per heavy atom. The largest absolute Gasteiger partial charge is 0.490 e. The molecule has 0 aliphatic heterocycles. The molecular weight excluding hydrogens is 202 g/mol. The molecule has 0 saturated heterocycles. The van der Waals surface area contributed by atoms with Crippen LogP contribution in [0.25, 0.3) is 0 Å². The summed E-state index contributed by atoms with van der Waals surface area (Å²) in [6, 6.07) is 7.60. The molecule has 3 N–H and O–H groups in total. The molecule has 0 amide bonds. The maximum absolute atomic E-state index is 9.63. The molecule has 3 nitrogen and oxygen atoms in total. The van der Waals surface area contributed by atoms with E-state index in [1.807, 2.05) is 24.3 Å². The summed E-state index contributed by atoms with van der Waals surface area (Å²) in [5.41, 5.74) is 6.26. The van der Waals surface area contributed by atoms with Crippen LogP contribution in [-0.2, 0) is 0 Å². The van der Waals surface area contributed by atoms with Gasteiger partial charge in [-0.25, -0.2) is 0 Å². The zero-order chi connectivity index (χ0) is 11.4. The lowest BCUT2D eigenvalue weighted by atomic mass is 10.1. The van der Waals surface area contributed by atoms with Gasteiger partial charge in [-0.05, 0) is 43.4 Å². The Morgan fingerprint density at radius 2 is 2.12 bits per heavy atom. The first-order valence-electron chi connectivity index (χ1n) is 5.94. The first kappa shape index (κ1) is 11.4. The Bertz CT molecular complexity index is 334. The van der Waals surface area contributed by atoms with Crippen molar-refractivity contribution in [2.75, 3.05) is 6.54 Å². The lowest BCUT2D eigenvalue weighted by Crippen LogP contribution is -2.13. The minimum atomic E-state index is -0.591. The molecule has 16 heavy (non-hydrogen) atoms. The van der Waals surface area contributed by atoms with Gasteiger partial charge < -0.3 is 15.6 Å². The molecule has 1 aromatic carbocycles. The second-order valence-corrected chi connectivity index (χ2v) is 4.35. The van der Waals surface area contributed by atoms with Crippen molar-refractivity contribution in [3.8, 4) is 5.75 Å². The normalized spacial score (nSPS) is 18.6. The monoisotopic (exact) mass is 221 g/mol. The molecule has 1 aliphatic rings. The van der Waals surface area contributed by atoms with Crippen molar-refractivity contribution in [2.24, 2.45) is 5.73 Å². The van der Waals surface area contributed by atoms with Crippen molar-refractivity contribution in [1.29, 1.82) is 0 Å². The van der Waals surface area contributed by atoms with E-state index < -0.39 is 6.10 Å². The third-order valence-electron chi connectivity index (χ3n) is 3.07. The van der Waals surface area contributed by atoms with Crippen LogP contribution >= 0.6 is 0 Å². The van der Waals surface area contributed by atoms with Crippen molar-refractivity contribution in [3.63, 3.8) is 0 Å². The average Bonchev–Trinajstić information content (AvgIpc) is 2.81. The lowest BCUT2D eigenvalue weighted by Gasteiger charge is -2.15. The zero-order valence-corrected chi connectivity index (χ0v) is 9.43. The van der Waals surface area contributed by atoms with E-state index in [-0.39, 0.29) is 6.54 Å². The van der Waals surface area contributed by atoms with Gasteiger partial charge >= 0.3 is 0 Å². The van der Waals surface area contributed by atoms with Gasteiger partial charge in [0, 0.05) is 6.54 Å². The summed E-state index contributed by atoms with van der Waals surface area (Å²) in [4.78, 5) is 0. The standard InChI is InChI=1S/C13H19NO2/c14-9-13(15)10-4-3-7-12(8-10)16-11-5-1-2-6-11/h3-4,7-8,11,13,15H,1-2,5-6,9,14H2/t13-/m1/s1. The smallest absolute Gasteiger partial charge is 0.120 e. The molecule has 0 radical (unpaired) electrons. The average molecular weight is 221 g/mol. The van der Waals surface area contributed by atoms with Gasteiger partial charge in [-0.15, -0.1) is 0 Å². The van der Waals surface area contributed by atoms with Gasteiger partial charge in [0.2, 0.25) is 0 Å². The number of nitrogens with two attached hydrogens (primary N) is 1. The summed E-state index contributed by atoms with van der Waals surface area (Å²) in [7, 11) is 0. The van der Waals surface area contributed by atoms with Gasteiger partial charge in [0.15, 0.2) is 0 Å². The summed E-state index contributed by atoms with van der Waals surface area (Å²) in [5, 5.41) is 9.63. The summed E-state index contributed by atoms with van der Waals surface area (Å²) >= 11 is 0. The van der Waals surface area contributed by atoms with Crippen molar-refractivity contribution in [1.82, 2.24) is 0 Å².